The minimum absolute atomic E-state index is 0.205. The van der Waals surface area contributed by atoms with E-state index in [-0.39, 0.29) is 18.9 Å². The SMILES string of the molecule is CC(C)(C)OC(=O)N(C1CCN(c2ccc(Cl)nn2)C1)C1CC(F)(F)C1. The Hall–Kier alpha value is -1.70. The van der Waals surface area contributed by atoms with E-state index in [2.05, 4.69) is 10.2 Å². The molecule has 1 aliphatic carbocycles. The molecule has 2 fully saturated rings. The Bertz CT molecular complexity index is 658. The monoisotopic (exact) mass is 388 g/mol. The zero-order valence-corrected chi connectivity index (χ0v) is 15.8. The molecule has 0 radical (unpaired) electrons. The average Bonchev–Trinajstić information content (AvgIpc) is 2.94. The van der Waals surface area contributed by atoms with Gasteiger partial charge in [0, 0.05) is 32.0 Å². The quantitative estimate of drug-likeness (QED) is 0.789. The fourth-order valence-corrected chi connectivity index (χ4v) is 3.49. The van der Waals surface area contributed by atoms with Crippen LogP contribution in [0.1, 0.15) is 40.0 Å². The number of amides is 1. The van der Waals surface area contributed by atoms with Gasteiger partial charge in [-0.3, -0.25) is 4.90 Å². The summed E-state index contributed by atoms with van der Waals surface area (Å²) >= 11 is 5.76. The molecule has 3 rings (SSSR count). The van der Waals surface area contributed by atoms with Gasteiger partial charge in [0.1, 0.15) is 5.60 Å². The maximum absolute atomic E-state index is 13.4. The van der Waals surface area contributed by atoms with Gasteiger partial charge in [0.25, 0.3) is 5.92 Å². The van der Waals surface area contributed by atoms with E-state index in [4.69, 9.17) is 16.3 Å². The van der Waals surface area contributed by atoms with Crippen molar-refractivity contribution in [3.8, 4) is 0 Å². The first kappa shape index (κ1) is 19.1. The number of rotatable bonds is 3. The molecule has 1 aliphatic heterocycles. The van der Waals surface area contributed by atoms with Crippen molar-refractivity contribution in [2.24, 2.45) is 0 Å². The normalized spacial score (nSPS) is 22.8. The third-order valence-electron chi connectivity index (χ3n) is 4.56. The van der Waals surface area contributed by atoms with Crippen molar-refractivity contribution in [3.63, 3.8) is 0 Å². The van der Waals surface area contributed by atoms with Crippen molar-refractivity contribution in [3.05, 3.63) is 17.3 Å². The van der Waals surface area contributed by atoms with Gasteiger partial charge in [0.2, 0.25) is 0 Å². The van der Waals surface area contributed by atoms with E-state index in [1.54, 1.807) is 32.9 Å². The van der Waals surface area contributed by atoms with Crippen molar-refractivity contribution in [2.45, 2.75) is 63.6 Å². The highest BCUT2D eigenvalue weighted by Crippen LogP contribution is 2.42. The molecule has 1 unspecified atom stereocenters. The second-order valence-corrected chi connectivity index (χ2v) is 8.30. The topological polar surface area (TPSA) is 58.6 Å². The molecular formula is C17H23ClF2N4O2. The fraction of sp³-hybridized carbons (Fsp3) is 0.706. The number of hydrogen-bond acceptors (Lipinski definition) is 5. The first-order chi connectivity index (χ1) is 12.0. The second kappa shape index (κ2) is 6.79. The van der Waals surface area contributed by atoms with Crippen molar-refractivity contribution in [2.75, 3.05) is 18.0 Å². The summed E-state index contributed by atoms with van der Waals surface area (Å²) in [5, 5.41) is 8.18. The highest BCUT2D eigenvalue weighted by Gasteiger charge is 2.52. The maximum Gasteiger partial charge on any atom is 0.410 e. The second-order valence-electron chi connectivity index (χ2n) is 7.91. The van der Waals surface area contributed by atoms with Crippen LogP contribution in [0, 0.1) is 0 Å². The predicted octanol–water partition coefficient (Wildman–Crippen LogP) is 3.74. The van der Waals surface area contributed by atoms with E-state index in [1.807, 2.05) is 4.90 Å². The minimum atomic E-state index is -2.70. The molecule has 1 atom stereocenters. The van der Waals surface area contributed by atoms with Crippen molar-refractivity contribution in [1.82, 2.24) is 15.1 Å². The molecule has 0 N–H and O–H groups in total. The molecule has 1 aromatic rings. The molecule has 6 nitrogen and oxygen atoms in total. The van der Waals surface area contributed by atoms with E-state index >= 15 is 0 Å². The van der Waals surface area contributed by atoms with Crippen LogP contribution in [-0.2, 0) is 4.74 Å². The van der Waals surface area contributed by atoms with Gasteiger partial charge in [0.15, 0.2) is 11.0 Å². The van der Waals surface area contributed by atoms with Crippen LogP contribution in [0.25, 0.3) is 0 Å². The van der Waals surface area contributed by atoms with E-state index in [0.29, 0.717) is 30.5 Å². The molecule has 1 saturated carbocycles. The summed E-state index contributed by atoms with van der Waals surface area (Å²) in [7, 11) is 0. The van der Waals surface area contributed by atoms with Crippen LogP contribution in [0.3, 0.4) is 0 Å². The summed E-state index contributed by atoms with van der Waals surface area (Å²) < 4.78 is 32.3. The zero-order valence-electron chi connectivity index (χ0n) is 15.1. The summed E-state index contributed by atoms with van der Waals surface area (Å²) in [4.78, 5) is 16.2. The number of nitrogens with zero attached hydrogens (tertiary/aromatic N) is 4. The number of carbonyl (C=O) groups is 1. The number of anilines is 1. The first-order valence-electron chi connectivity index (χ1n) is 8.67. The number of carbonyl (C=O) groups excluding carboxylic acids is 1. The van der Waals surface area contributed by atoms with Gasteiger partial charge in [-0.2, -0.15) is 0 Å². The molecule has 0 bridgehead atoms. The third kappa shape index (κ3) is 4.34. The van der Waals surface area contributed by atoms with E-state index < -0.39 is 23.7 Å². The largest absolute Gasteiger partial charge is 0.444 e. The van der Waals surface area contributed by atoms with Gasteiger partial charge >= 0.3 is 6.09 Å². The van der Waals surface area contributed by atoms with Gasteiger partial charge in [-0.1, -0.05) is 11.6 Å². The molecule has 9 heteroatoms. The molecule has 1 saturated heterocycles. The smallest absolute Gasteiger partial charge is 0.410 e. The first-order valence-corrected chi connectivity index (χ1v) is 9.05. The lowest BCUT2D eigenvalue weighted by Crippen LogP contribution is -2.58. The molecule has 26 heavy (non-hydrogen) atoms. The van der Waals surface area contributed by atoms with Gasteiger partial charge in [0.05, 0.1) is 6.04 Å². The van der Waals surface area contributed by atoms with Gasteiger partial charge in [-0.25, -0.2) is 13.6 Å². The molecule has 0 spiro atoms. The maximum atomic E-state index is 13.4. The third-order valence-corrected chi connectivity index (χ3v) is 4.77. The molecule has 0 aromatic carbocycles. The highest BCUT2D eigenvalue weighted by atomic mass is 35.5. The Morgan fingerprint density at radius 3 is 2.54 bits per heavy atom. The van der Waals surface area contributed by atoms with Crippen LogP contribution in [0.2, 0.25) is 5.15 Å². The van der Waals surface area contributed by atoms with E-state index in [0.717, 1.165) is 0 Å². The summed E-state index contributed by atoms with van der Waals surface area (Å²) in [6.45, 7) is 6.45. The van der Waals surface area contributed by atoms with Crippen LogP contribution in [0.5, 0.6) is 0 Å². The minimum Gasteiger partial charge on any atom is -0.444 e. The standard InChI is InChI=1S/C17H23ClF2N4O2/c1-16(2,3)26-15(25)24(12-8-17(19,20)9-12)11-6-7-23(10-11)14-5-4-13(18)21-22-14/h4-5,11-12H,6-10H2,1-3H3. The van der Waals surface area contributed by atoms with Crippen molar-refractivity contribution >= 4 is 23.5 Å². The van der Waals surface area contributed by atoms with Crippen LogP contribution in [0.4, 0.5) is 19.4 Å². The summed E-state index contributed by atoms with van der Waals surface area (Å²) in [6, 6.07) is 2.70. The Kier molecular flexibility index (Phi) is 4.98. The van der Waals surface area contributed by atoms with Crippen LogP contribution < -0.4 is 4.90 Å². The lowest BCUT2D eigenvalue weighted by molar-refractivity contribution is -0.127. The van der Waals surface area contributed by atoms with Crippen molar-refractivity contribution < 1.29 is 18.3 Å². The molecule has 1 aromatic heterocycles. The van der Waals surface area contributed by atoms with Gasteiger partial charge in [-0.15, -0.1) is 10.2 Å². The molecule has 2 aliphatic rings. The number of halogens is 3. The lowest BCUT2D eigenvalue weighted by Gasteiger charge is -2.45. The fourth-order valence-electron chi connectivity index (χ4n) is 3.39. The Labute approximate surface area is 156 Å². The average molecular weight is 389 g/mol. The van der Waals surface area contributed by atoms with Crippen LogP contribution in [0.15, 0.2) is 12.1 Å². The summed E-state index contributed by atoms with van der Waals surface area (Å²) in [6.07, 6.45) is -0.509. The van der Waals surface area contributed by atoms with Crippen LogP contribution >= 0.6 is 11.6 Å². The predicted molar refractivity (Wildman–Crippen MR) is 93.7 cm³/mol. The molecule has 2 heterocycles. The number of ether oxygens (including phenoxy) is 1. The Morgan fingerprint density at radius 2 is 2.00 bits per heavy atom. The Balaban J connectivity index is 1.72. The van der Waals surface area contributed by atoms with E-state index in [9.17, 15) is 13.6 Å². The van der Waals surface area contributed by atoms with Crippen molar-refractivity contribution in [1.29, 1.82) is 0 Å². The van der Waals surface area contributed by atoms with Gasteiger partial charge < -0.3 is 9.64 Å². The molecule has 144 valence electrons. The zero-order chi connectivity index (χ0) is 19.1. The Morgan fingerprint density at radius 1 is 1.31 bits per heavy atom. The summed E-state index contributed by atoms with van der Waals surface area (Å²) in [5.74, 6) is -2.05. The lowest BCUT2D eigenvalue weighted by atomic mass is 9.86. The van der Waals surface area contributed by atoms with Gasteiger partial charge in [-0.05, 0) is 39.3 Å². The number of hydrogen-bond donors (Lipinski definition) is 0. The number of alkyl halides is 2. The van der Waals surface area contributed by atoms with E-state index in [1.165, 1.54) is 4.90 Å². The number of aromatic nitrogens is 2. The van der Waals surface area contributed by atoms with Crippen LogP contribution in [-0.4, -0.2) is 57.9 Å². The molecule has 1 amide bonds. The molecular weight excluding hydrogens is 366 g/mol. The highest BCUT2D eigenvalue weighted by molar-refractivity contribution is 6.29. The summed E-state index contributed by atoms with van der Waals surface area (Å²) in [5.41, 5.74) is -0.679.